The van der Waals surface area contributed by atoms with Crippen molar-refractivity contribution in [3.8, 4) is 0 Å². The molecule has 0 saturated heterocycles. The third kappa shape index (κ3) is 10.6. The van der Waals surface area contributed by atoms with Crippen molar-refractivity contribution in [2.45, 2.75) is 32.4 Å². The van der Waals surface area contributed by atoms with Gasteiger partial charge in [0.15, 0.2) is 0 Å². The SMILES string of the molecule is CC(C)(C)OC(=O)NC(CS(=O)(=O)O)C(=O)NCC(=O)O. The quantitative estimate of drug-likeness (QED) is 0.451. The molecule has 1 atom stereocenters. The highest BCUT2D eigenvalue weighted by atomic mass is 32.2. The van der Waals surface area contributed by atoms with Crippen molar-refractivity contribution < 1.29 is 37.2 Å². The molecule has 0 aromatic rings. The summed E-state index contributed by atoms with van der Waals surface area (Å²) in [6.07, 6.45) is -1.08. The lowest BCUT2D eigenvalue weighted by molar-refractivity contribution is -0.138. The van der Waals surface area contributed by atoms with Crippen LogP contribution in [0.3, 0.4) is 0 Å². The van der Waals surface area contributed by atoms with Gasteiger partial charge in [0.1, 0.15) is 23.9 Å². The lowest BCUT2D eigenvalue weighted by Gasteiger charge is -2.22. The molecule has 0 aromatic heterocycles. The molecule has 11 heteroatoms. The molecule has 1 unspecified atom stereocenters. The maximum Gasteiger partial charge on any atom is 0.408 e. The van der Waals surface area contributed by atoms with Gasteiger partial charge in [-0.05, 0) is 20.8 Å². The summed E-state index contributed by atoms with van der Waals surface area (Å²) in [5.74, 6) is -3.55. The van der Waals surface area contributed by atoms with Crippen molar-refractivity contribution in [2.24, 2.45) is 0 Å². The fraction of sp³-hybridized carbons (Fsp3) is 0.700. The van der Waals surface area contributed by atoms with Crippen molar-refractivity contribution in [3.05, 3.63) is 0 Å². The van der Waals surface area contributed by atoms with Crippen LogP contribution < -0.4 is 10.6 Å². The molecule has 0 aliphatic carbocycles. The average Bonchev–Trinajstić information content (AvgIpc) is 2.20. The normalized spacial score (nSPS) is 13.1. The first kappa shape index (κ1) is 19.1. The molecule has 0 aliphatic rings. The Morgan fingerprint density at radius 1 is 1.24 bits per heavy atom. The number of carbonyl (C=O) groups excluding carboxylic acids is 2. The van der Waals surface area contributed by atoms with E-state index in [0.717, 1.165) is 0 Å². The molecular weight excluding hydrogens is 308 g/mol. The molecule has 0 saturated carbocycles. The highest BCUT2D eigenvalue weighted by molar-refractivity contribution is 7.85. The van der Waals surface area contributed by atoms with Gasteiger partial charge in [-0.25, -0.2) is 4.79 Å². The van der Waals surface area contributed by atoms with Crippen LogP contribution in [0.4, 0.5) is 4.79 Å². The molecule has 10 nitrogen and oxygen atoms in total. The highest BCUT2D eigenvalue weighted by Gasteiger charge is 2.28. The van der Waals surface area contributed by atoms with E-state index in [1.165, 1.54) is 0 Å². The van der Waals surface area contributed by atoms with Crippen LogP contribution in [0.15, 0.2) is 0 Å². The zero-order valence-corrected chi connectivity index (χ0v) is 12.6. The zero-order chi connectivity index (χ0) is 16.8. The van der Waals surface area contributed by atoms with Gasteiger partial charge in [-0.3, -0.25) is 14.1 Å². The second-order valence-corrected chi connectivity index (χ2v) is 6.56. The van der Waals surface area contributed by atoms with Crippen LogP contribution in [0.5, 0.6) is 0 Å². The van der Waals surface area contributed by atoms with E-state index in [4.69, 9.17) is 14.4 Å². The fourth-order valence-electron chi connectivity index (χ4n) is 1.13. The van der Waals surface area contributed by atoms with Crippen LogP contribution in [0.1, 0.15) is 20.8 Å². The van der Waals surface area contributed by atoms with E-state index in [1.807, 2.05) is 10.6 Å². The van der Waals surface area contributed by atoms with E-state index >= 15 is 0 Å². The third-order valence-corrected chi connectivity index (χ3v) is 2.55. The summed E-state index contributed by atoms with van der Waals surface area (Å²) in [7, 11) is -4.57. The summed E-state index contributed by atoms with van der Waals surface area (Å²) in [5.41, 5.74) is -0.885. The standard InChI is InChI=1S/C10H18N2O8S/c1-10(2,3)20-9(16)12-6(5-21(17,18)19)8(15)11-4-7(13)14/h6H,4-5H2,1-3H3,(H,11,15)(H,12,16)(H,13,14)(H,17,18,19). The van der Waals surface area contributed by atoms with Crippen LogP contribution in [-0.4, -0.2) is 60.0 Å². The minimum atomic E-state index is -4.57. The van der Waals surface area contributed by atoms with Gasteiger partial charge in [0, 0.05) is 0 Å². The number of carbonyl (C=O) groups is 3. The molecule has 0 bridgehead atoms. The second kappa shape index (κ2) is 7.22. The van der Waals surface area contributed by atoms with Gasteiger partial charge in [-0.15, -0.1) is 0 Å². The number of ether oxygens (including phenoxy) is 1. The van der Waals surface area contributed by atoms with Gasteiger partial charge in [-0.1, -0.05) is 0 Å². The minimum absolute atomic E-state index is 0.767. The molecular formula is C10H18N2O8S. The van der Waals surface area contributed by atoms with Gasteiger partial charge in [0.05, 0.1) is 0 Å². The Labute approximate surface area is 121 Å². The third-order valence-electron chi connectivity index (χ3n) is 1.80. The smallest absolute Gasteiger partial charge is 0.408 e. The zero-order valence-electron chi connectivity index (χ0n) is 11.7. The Balaban J connectivity index is 4.86. The van der Waals surface area contributed by atoms with Gasteiger partial charge < -0.3 is 20.5 Å². The largest absolute Gasteiger partial charge is 0.480 e. The van der Waals surface area contributed by atoms with E-state index in [0.29, 0.717) is 0 Å². The lowest BCUT2D eigenvalue weighted by Crippen LogP contribution is -2.52. The number of aliphatic carboxylic acids is 1. The molecule has 4 N–H and O–H groups in total. The number of hydrogen-bond donors (Lipinski definition) is 4. The average molecular weight is 326 g/mol. The molecule has 21 heavy (non-hydrogen) atoms. The Bertz CT molecular complexity index is 508. The topological polar surface area (TPSA) is 159 Å². The Morgan fingerprint density at radius 3 is 2.14 bits per heavy atom. The summed E-state index contributed by atoms with van der Waals surface area (Å²) in [6, 6.07) is -1.69. The fourth-order valence-corrected chi connectivity index (χ4v) is 1.79. The predicted octanol–water partition coefficient (Wildman–Crippen LogP) is -1.03. The van der Waals surface area contributed by atoms with Gasteiger partial charge >= 0.3 is 12.1 Å². The van der Waals surface area contributed by atoms with Gasteiger partial charge in [0.25, 0.3) is 10.1 Å². The van der Waals surface area contributed by atoms with Crippen LogP contribution in [0.2, 0.25) is 0 Å². The molecule has 122 valence electrons. The maximum atomic E-state index is 11.6. The number of carboxylic acid groups (broad SMARTS) is 1. The van der Waals surface area contributed by atoms with Crippen molar-refractivity contribution in [3.63, 3.8) is 0 Å². The number of alkyl carbamates (subject to hydrolysis) is 1. The van der Waals surface area contributed by atoms with Crippen LogP contribution in [0.25, 0.3) is 0 Å². The number of amides is 2. The molecule has 0 fully saturated rings. The van der Waals surface area contributed by atoms with E-state index < -0.39 is 52.0 Å². The van der Waals surface area contributed by atoms with Gasteiger partial charge in [0.2, 0.25) is 5.91 Å². The van der Waals surface area contributed by atoms with Gasteiger partial charge in [-0.2, -0.15) is 8.42 Å². The van der Waals surface area contributed by atoms with E-state index in [1.54, 1.807) is 20.8 Å². The minimum Gasteiger partial charge on any atom is -0.480 e. The van der Waals surface area contributed by atoms with E-state index in [-0.39, 0.29) is 0 Å². The van der Waals surface area contributed by atoms with Crippen LogP contribution >= 0.6 is 0 Å². The molecule has 0 aromatic carbocycles. The van der Waals surface area contributed by atoms with E-state index in [9.17, 15) is 22.8 Å². The number of hydrogen-bond acceptors (Lipinski definition) is 6. The first-order chi connectivity index (χ1) is 9.30. The molecule has 0 radical (unpaired) electrons. The Hall–Kier alpha value is -1.88. The predicted molar refractivity (Wildman–Crippen MR) is 70.2 cm³/mol. The Morgan fingerprint density at radius 2 is 1.76 bits per heavy atom. The number of rotatable bonds is 6. The summed E-state index contributed by atoms with van der Waals surface area (Å²) in [5, 5.41) is 12.3. The van der Waals surface area contributed by atoms with E-state index in [2.05, 4.69) is 0 Å². The van der Waals surface area contributed by atoms with Crippen molar-refractivity contribution in [2.75, 3.05) is 12.3 Å². The van der Waals surface area contributed by atoms with Crippen molar-refractivity contribution in [1.82, 2.24) is 10.6 Å². The number of carboxylic acids is 1. The molecule has 0 aliphatic heterocycles. The lowest BCUT2D eigenvalue weighted by atomic mass is 10.2. The van der Waals surface area contributed by atoms with Crippen LogP contribution in [0, 0.1) is 0 Å². The highest BCUT2D eigenvalue weighted by Crippen LogP contribution is 2.07. The first-order valence-corrected chi connectivity index (χ1v) is 7.35. The summed E-state index contributed by atoms with van der Waals surface area (Å²) >= 11 is 0. The molecule has 2 amide bonds. The summed E-state index contributed by atoms with van der Waals surface area (Å²) < 4.78 is 35.2. The van der Waals surface area contributed by atoms with Crippen molar-refractivity contribution in [1.29, 1.82) is 0 Å². The molecule has 0 rings (SSSR count). The monoisotopic (exact) mass is 326 g/mol. The number of nitrogens with one attached hydrogen (secondary N) is 2. The molecule has 0 heterocycles. The molecule has 0 spiro atoms. The first-order valence-electron chi connectivity index (χ1n) is 5.74. The summed E-state index contributed by atoms with van der Waals surface area (Å²) in [6.45, 7) is 3.88. The maximum absolute atomic E-state index is 11.6. The Kier molecular flexibility index (Phi) is 6.57. The second-order valence-electron chi connectivity index (χ2n) is 5.06. The van der Waals surface area contributed by atoms with Crippen LogP contribution in [-0.2, 0) is 24.4 Å². The summed E-state index contributed by atoms with van der Waals surface area (Å²) in [4.78, 5) is 33.4. The van der Waals surface area contributed by atoms with Crippen molar-refractivity contribution >= 4 is 28.1 Å².